The van der Waals surface area contributed by atoms with Gasteiger partial charge < -0.3 is 5.32 Å². The van der Waals surface area contributed by atoms with E-state index in [9.17, 15) is 18.0 Å². The van der Waals surface area contributed by atoms with Crippen LogP contribution in [0.4, 0.5) is 5.69 Å². The molecule has 114 valence electrons. The van der Waals surface area contributed by atoms with Crippen LogP contribution in [0.15, 0.2) is 29.2 Å². The molecule has 2 rings (SSSR count). The lowest BCUT2D eigenvalue weighted by molar-refractivity contribution is -0.133. The van der Waals surface area contributed by atoms with Crippen molar-refractivity contribution >= 4 is 27.5 Å². The maximum Gasteiger partial charge on any atom is 0.249 e. The predicted octanol–water partition coefficient (Wildman–Crippen LogP) is 0.154. The number of rotatable bonds is 4. The van der Waals surface area contributed by atoms with Crippen LogP contribution in [0.3, 0.4) is 0 Å². The number of benzene rings is 1. The molecule has 21 heavy (non-hydrogen) atoms. The van der Waals surface area contributed by atoms with E-state index in [1.807, 2.05) is 0 Å². The summed E-state index contributed by atoms with van der Waals surface area (Å²) in [6.07, 6.45) is 0.563. The summed E-state index contributed by atoms with van der Waals surface area (Å²) < 4.78 is 25.6. The summed E-state index contributed by atoms with van der Waals surface area (Å²) >= 11 is 0. The van der Waals surface area contributed by atoms with Crippen molar-refractivity contribution < 1.29 is 18.0 Å². The summed E-state index contributed by atoms with van der Waals surface area (Å²) in [6.45, 7) is 0. The van der Waals surface area contributed by atoms with E-state index in [1.165, 1.54) is 20.2 Å². The van der Waals surface area contributed by atoms with Crippen LogP contribution in [0, 0.1) is 0 Å². The standard InChI is InChI=1S/C13H17N3O4S/c1-16(2)21(19,20)11-6-4-3-5-9(11)14-10-7-8-12(17)15-13(10)18/h3-6,10,14H,7-8H2,1-2H3,(H,15,17,18). The Bertz CT molecular complexity index is 670. The molecule has 1 aromatic carbocycles. The molecule has 0 aliphatic carbocycles. The van der Waals surface area contributed by atoms with E-state index in [2.05, 4.69) is 10.6 Å². The molecule has 0 saturated carbocycles. The monoisotopic (exact) mass is 311 g/mol. The molecule has 1 aliphatic heterocycles. The maximum absolute atomic E-state index is 12.3. The Morgan fingerprint density at radius 3 is 2.52 bits per heavy atom. The molecule has 1 saturated heterocycles. The Labute approximate surface area is 123 Å². The highest BCUT2D eigenvalue weighted by molar-refractivity contribution is 7.89. The fraction of sp³-hybridized carbons (Fsp3) is 0.385. The summed E-state index contributed by atoms with van der Waals surface area (Å²) in [5.74, 6) is -0.754. The van der Waals surface area contributed by atoms with E-state index < -0.39 is 22.0 Å². The van der Waals surface area contributed by atoms with Gasteiger partial charge in [-0.05, 0) is 18.6 Å². The average molecular weight is 311 g/mol. The molecule has 2 amide bonds. The second-order valence-corrected chi connectivity index (χ2v) is 7.05. The lowest BCUT2D eigenvalue weighted by Gasteiger charge is -2.24. The molecule has 0 radical (unpaired) electrons. The van der Waals surface area contributed by atoms with Crippen molar-refractivity contribution in [2.24, 2.45) is 0 Å². The zero-order chi connectivity index (χ0) is 15.6. The predicted molar refractivity (Wildman–Crippen MR) is 77.1 cm³/mol. The van der Waals surface area contributed by atoms with Crippen molar-refractivity contribution in [3.8, 4) is 0 Å². The first-order chi connectivity index (χ1) is 9.82. The van der Waals surface area contributed by atoms with Crippen molar-refractivity contribution in [1.29, 1.82) is 0 Å². The highest BCUT2D eigenvalue weighted by atomic mass is 32.2. The molecule has 2 N–H and O–H groups in total. The van der Waals surface area contributed by atoms with E-state index in [-0.39, 0.29) is 17.2 Å². The first kappa shape index (κ1) is 15.5. The zero-order valence-corrected chi connectivity index (χ0v) is 12.6. The minimum Gasteiger partial charge on any atom is -0.373 e. The number of para-hydroxylation sites is 1. The van der Waals surface area contributed by atoms with Gasteiger partial charge in [0, 0.05) is 20.5 Å². The fourth-order valence-electron chi connectivity index (χ4n) is 2.03. The molecule has 1 aliphatic rings. The number of sulfonamides is 1. The molecule has 1 atom stereocenters. The van der Waals surface area contributed by atoms with Gasteiger partial charge in [-0.25, -0.2) is 12.7 Å². The summed E-state index contributed by atoms with van der Waals surface area (Å²) in [5, 5.41) is 5.14. The molecule has 0 spiro atoms. The highest BCUT2D eigenvalue weighted by Gasteiger charge is 2.28. The molecule has 8 heteroatoms. The van der Waals surface area contributed by atoms with Crippen molar-refractivity contribution in [3.63, 3.8) is 0 Å². The molecule has 1 fully saturated rings. The van der Waals surface area contributed by atoms with Gasteiger partial charge in [0.1, 0.15) is 10.9 Å². The highest BCUT2D eigenvalue weighted by Crippen LogP contribution is 2.25. The molecular weight excluding hydrogens is 294 g/mol. The number of hydrogen-bond donors (Lipinski definition) is 2. The molecule has 0 bridgehead atoms. The number of piperidine rings is 1. The van der Waals surface area contributed by atoms with Crippen molar-refractivity contribution in [1.82, 2.24) is 9.62 Å². The molecule has 1 aromatic rings. The van der Waals surface area contributed by atoms with Gasteiger partial charge in [0.2, 0.25) is 21.8 Å². The number of nitrogens with one attached hydrogen (secondary N) is 2. The number of carbonyl (C=O) groups is 2. The first-order valence-corrected chi connectivity index (χ1v) is 7.88. The average Bonchev–Trinajstić information content (AvgIpc) is 2.42. The van der Waals surface area contributed by atoms with Crippen molar-refractivity contribution in [3.05, 3.63) is 24.3 Å². The van der Waals surface area contributed by atoms with Crippen LogP contribution in [-0.2, 0) is 19.6 Å². The van der Waals surface area contributed by atoms with Crippen LogP contribution < -0.4 is 10.6 Å². The third-order valence-corrected chi connectivity index (χ3v) is 5.09. The third-order valence-electron chi connectivity index (χ3n) is 3.21. The minimum atomic E-state index is -3.61. The Hall–Kier alpha value is -1.93. The summed E-state index contributed by atoms with van der Waals surface area (Å²) in [5.41, 5.74) is 0.348. The van der Waals surface area contributed by atoms with Gasteiger partial charge in [0.25, 0.3) is 0 Å². The van der Waals surface area contributed by atoms with Gasteiger partial charge in [-0.2, -0.15) is 0 Å². The van der Waals surface area contributed by atoms with Gasteiger partial charge in [-0.15, -0.1) is 0 Å². The molecule has 1 heterocycles. The van der Waals surface area contributed by atoms with Crippen LogP contribution in [0.25, 0.3) is 0 Å². The Kier molecular flexibility index (Phi) is 4.29. The van der Waals surface area contributed by atoms with Crippen LogP contribution in [-0.4, -0.2) is 44.7 Å². The number of imide groups is 1. The quantitative estimate of drug-likeness (QED) is 0.772. The third kappa shape index (κ3) is 3.22. The SMILES string of the molecule is CN(C)S(=O)(=O)c1ccccc1NC1CCC(=O)NC1=O. The van der Waals surface area contributed by atoms with Gasteiger partial charge in [-0.1, -0.05) is 12.1 Å². The van der Waals surface area contributed by atoms with Gasteiger partial charge >= 0.3 is 0 Å². The number of anilines is 1. The van der Waals surface area contributed by atoms with Crippen LogP contribution >= 0.6 is 0 Å². The van der Waals surface area contributed by atoms with E-state index in [0.717, 1.165) is 4.31 Å². The lowest BCUT2D eigenvalue weighted by atomic mass is 10.1. The van der Waals surface area contributed by atoms with E-state index in [1.54, 1.807) is 18.2 Å². The Morgan fingerprint density at radius 1 is 1.24 bits per heavy atom. The smallest absolute Gasteiger partial charge is 0.249 e. The topological polar surface area (TPSA) is 95.6 Å². The maximum atomic E-state index is 12.3. The summed E-state index contributed by atoms with van der Waals surface area (Å²) in [6, 6.07) is 5.75. The van der Waals surface area contributed by atoms with Gasteiger partial charge in [0.15, 0.2) is 0 Å². The molecular formula is C13H17N3O4S. The first-order valence-electron chi connectivity index (χ1n) is 6.44. The number of nitrogens with zero attached hydrogens (tertiary/aromatic N) is 1. The number of hydrogen-bond acceptors (Lipinski definition) is 5. The Morgan fingerprint density at radius 2 is 1.90 bits per heavy atom. The normalized spacial score (nSPS) is 19.5. The lowest BCUT2D eigenvalue weighted by Crippen LogP contribution is -2.47. The largest absolute Gasteiger partial charge is 0.373 e. The number of amides is 2. The minimum absolute atomic E-state index is 0.0969. The number of carbonyl (C=O) groups excluding carboxylic acids is 2. The molecule has 0 aromatic heterocycles. The summed E-state index contributed by atoms with van der Waals surface area (Å²) in [4.78, 5) is 23.0. The second-order valence-electron chi connectivity index (χ2n) is 4.93. The van der Waals surface area contributed by atoms with Gasteiger partial charge in [-0.3, -0.25) is 14.9 Å². The molecule has 7 nitrogen and oxygen atoms in total. The zero-order valence-electron chi connectivity index (χ0n) is 11.8. The Balaban J connectivity index is 2.30. The van der Waals surface area contributed by atoms with Crippen molar-refractivity contribution in [2.75, 3.05) is 19.4 Å². The fourth-order valence-corrected chi connectivity index (χ4v) is 3.08. The van der Waals surface area contributed by atoms with E-state index >= 15 is 0 Å². The second kappa shape index (κ2) is 5.82. The van der Waals surface area contributed by atoms with E-state index in [0.29, 0.717) is 12.1 Å². The summed E-state index contributed by atoms with van der Waals surface area (Å²) in [7, 11) is -0.729. The van der Waals surface area contributed by atoms with Crippen LogP contribution in [0.1, 0.15) is 12.8 Å². The molecule has 1 unspecified atom stereocenters. The van der Waals surface area contributed by atoms with Crippen LogP contribution in [0.5, 0.6) is 0 Å². The van der Waals surface area contributed by atoms with Crippen LogP contribution in [0.2, 0.25) is 0 Å². The van der Waals surface area contributed by atoms with E-state index in [4.69, 9.17) is 0 Å². The van der Waals surface area contributed by atoms with Crippen molar-refractivity contribution in [2.45, 2.75) is 23.8 Å². The van der Waals surface area contributed by atoms with Gasteiger partial charge in [0.05, 0.1) is 5.69 Å².